The van der Waals surface area contributed by atoms with E-state index in [1.165, 1.54) is 0 Å². The summed E-state index contributed by atoms with van der Waals surface area (Å²) in [5, 5.41) is -0.105. The van der Waals surface area contributed by atoms with Crippen LogP contribution in [-0.2, 0) is 14.8 Å². The molecule has 3 rings (SSSR count). The van der Waals surface area contributed by atoms with Gasteiger partial charge in [-0.15, -0.1) is 0 Å². The van der Waals surface area contributed by atoms with Gasteiger partial charge in [-0.1, -0.05) is 22.6 Å². The highest BCUT2D eigenvalue weighted by Crippen LogP contribution is 2.56. The van der Waals surface area contributed by atoms with Crippen molar-refractivity contribution in [3.63, 3.8) is 0 Å². The number of rotatable bonds is 2. The summed E-state index contributed by atoms with van der Waals surface area (Å²) in [4.78, 5) is 0. The molecule has 3 fully saturated rings. The van der Waals surface area contributed by atoms with Crippen molar-refractivity contribution in [3.05, 3.63) is 0 Å². The minimum Gasteiger partial charge on any atom is -0.366 e. The maximum absolute atomic E-state index is 12.0. The SMILES string of the molecule is CN1C2C3CC(CC3S1(=O)=O)C2OCI. The fourth-order valence-electron chi connectivity index (χ4n) is 3.73. The third-order valence-corrected chi connectivity index (χ3v) is 7.00. The number of halogens is 1. The van der Waals surface area contributed by atoms with Crippen molar-refractivity contribution in [2.24, 2.45) is 11.8 Å². The predicted octanol–water partition coefficient (Wildman–Crippen LogP) is 0.816. The Bertz CT molecular complexity index is 385. The highest BCUT2D eigenvalue weighted by Gasteiger charge is 2.65. The van der Waals surface area contributed by atoms with Gasteiger partial charge in [0.2, 0.25) is 10.0 Å². The molecule has 2 saturated carbocycles. The van der Waals surface area contributed by atoms with Crippen LogP contribution in [0.1, 0.15) is 12.8 Å². The van der Waals surface area contributed by atoms with Crippen LogP contribution < -0.4 is 0 Å². The number of alkyl halides is 1. The molecule has 0 aromatic rings. The summed E-state index contributed by atoms with van der Waals surface area (Å²) in [7, 11) is -1.30. The maximum atomic E-state index is 12.0. The molecular formula is C9H14INO3S. The van der Waals surface area contributed by atoms with Gasteiger partial charge in [-0.2, -0.15) is 4.31 Å². The van der Waals surface area contributed by atoms with Crippen LogP contribution in [-0.4, -0.2) is 41.8 Å². The second-order valence-electron chi connectivity index (χ2n) is 4.73. The van der Waals surface area contributed by atoms with Crippen LogP contribution in [0, 0.1) is 11.8 Å². The van der Waals surface area contributed by atoms with Gasteiger partial charge in [0.1, 0.15) is 0 Å². The average Bonchev–Trinajstić information content (AvgIpc) is 2.77. The second-order valence-corrected chi connectivity index (χ2v) is 7.56. The lowest BCUT2D eigenvalue weighted by Gasteiger charge is -2.27. The Kier molecular flexibility index (Phi) is 2.36. The molecule has 1 heterocycles. The Morgan fingerprint density at radius 3 is 2.87 bits per heavy atom. The first-order valence-corrected chi connectivity index (χ1v) is 8.24. The molecule has 1 saturated heterocycles. The normalized spacial score (nSPS) is 51.5. The summed E-state index contributed by atoms with van der Waals surface area (Å²) >= 11 is 2.18. The van der Waals surface area contributed by atoms with E-state index in [0.29, 0.717) is 16.4 Å². The maximum Gasteiger partial charge on any atom is 0.217 e. The lowest BCUT2D eigenvalue weighted by Crippen LogP contribution is -2.41. The number of fused-ring (bicyclic) bond motifs is 1. The smallest absolute Gasteiger partial charge is 0.217 e. The van der Waals surface area contributed by atoms with E-state index in [1.807, 2.05) is 0 Å². The highest BCUT2D eigenvalue weighted by molar-refractivity contribution is 14.1. The molecule has 0 N–H and O–H groups in total. The van der Waals surface area contributed by atoms with E-state index in [9.17, 15) is 8.42 Å². The Balaban J connectivity index is 1.99. The molecule has 2 aliphatic carbocycles. The van der Waals surface area contributed by atoms with Crippen LogP contribution in [0.15, 0.2) is 0 Å². The number of sulfonamides is 1. The van der Waals surface area contributed by atoms with Crippen LogP contribution in [0.25, 0.3) is 0 Å². The van der Waals surface area contributed by atoms with E-state index in [4.69, 9.17) is 4.74 Å². The van der Waals surface area contributed by atoms with Gasteiger partial charge in [-0.3, -0.25) is 0 Å². The average molecular weight is 343 g/mol. The molecule has 0 aromatic carbocycles. The van der Waals surface area contributed by atoms with Gasteiger partial charge in [0.05, 0.1) is 22.0 Å². The topological polar surface area (TPSA) is 46.6 Å². The molecule has 5 unspecified atom stereocenters. The molecule has 4 nitrogen and oxygen atoms in total. The minimum atomic E-state index is -3.01. The number of hydrogen-bond acceptors (Lipinski definition) is 3. The number of ether oxygens (including phenoxy) is 1. The predicted molar refractivity (Wildman–Crippen MR) is 64.2 cm³/mol. The summed E-state index contributed by atoms with van der Waals surface area (Å²) in [5.74, 6) is 0.803. The molecule has 15 heavy (non-hydrogen) atoms. The molecule has 0 radical (unpaired) electrons. The number of likely N-dealkylation sites (N-methyl/N-ethyl adjacent to an activating group) is 1. The first kappa shape index (κ1) is 10.7. The van der Waals surface area contributed by atoms with E-state index >= 15 is 0 Å². The number of hydrogen-bond donors (Lipinski definition) is 0. The van der Waals surface area contributed by atoms with E-state index in [1.54, 1.807) is 11.4 Å². The molecular weight excluding hydrogens is 329 g/mol. The van der Waals surface area contributed by atoms with Crippen LogP contribution in [0.2, 0.25) is 0 Å². The lowest BCUT2D eigenvalue weighted by atomic mass is 9.92. The minimum absolute atomic E-state index is 0.105. The van der Waals surface area contributed by atoms with Crippen molar-refractivity contribution < 1.29 is 13.2 Å². The van der Waals surface area contributed by atoms with Crippen molar-refractivity contribution in [1.29, 1.82) is 0 Å². The summed E-state index contributed by atoms with van der Waals surface area (Å²) in [6.45, 7) is 0. The van der Waals surface area contributed by atoms with Gasteiger partial charge < -0.3 is 4.74 Å². The van der Waals surface area contributed by atoms with Gasteiger partial charge in [0, 0.05) is 7.05 Å². The quantitative estimate of drug-likeness (QED) is 0.551. The first-order valence-electron chi connectivity index (χ1n) is 5.21. The van der Waals surface area contributed by atoms with Gasteiger partial charge >= 0.3 is 0 Å². The highest BCUT2D eigenvalue weighted by atomic mass is 127. The van der Waals surface area contributed by atoms with E-state index < -0.39 is 10.0 Å². The second kappa shape index (κ2) is 3.30. The van der Waals surface area contributed by atoms with Crippen molar-refractivity contribution >= 4 is 32.6 Å². The van der Waals surface area contributed by atoms with E-state index in [0.717, 1.165) is 12.8 Å². The monoisotopic (exact) mass is 343 g/mol. The Morgan fingerprint density at radius 1 is 1.47 bits per heavy atom. The molecule has 6 heteroatoms. The lowest BCUT2D eigenvalue weighted by molar-refractivity contribution is 0.0193. The Morgan fingerprint density at radius 2 is 2.20 bits per heavy atom. The number of nitrogens with zero attached hydrogens (tertiary/aromatic N) is 1. The van der Waals surface area contributed by atoms with Crippen LogP contribution in [0.3, 0.4) is 0 Å². The zero-order valence-corrected chi connectivity index (χ0v) is 11.4. The zero-order valence-electron chi connectivity index (χ0n) is 8.47. The van der Waals surface area contributed by atoms with Crippen LogP contribution in [0.4, 0.5) is 0 Å². The summed E-state index contributed by atoms with van der Waals surface area (Å²) in [5.41, 5.74) is 0. The van der Waals surface area contributed by atoms with Gasteiger partial charge in [-0.05, 0) is 24.7 Å². The molecule has 0 aromatic heterocycles. The first-order chi connectivity index (χ1) is 7.07. The third kappa shape index (κ3) is 1.22. The van der Waals surface area contributed by atoms with Crippen molar-refractivity contribution in [2.45, 2.75) is 30.2 Å². The van der Waals surface area contributed by atoms with E-state index in [-0.39, 0.29) is 17.4 Å². The molecule has 5 atom stereocenters. The van der Waals surface area contributed by atoms with Crippen LogP contribution >= 0.6 is 22.6 Å². The van der Waals surface area contributed by atoms with Crippen LogP contribution in [0.5, 0.6) is 0 Å². The van der Waals surface area contributed by atoms with Gasteiger partial charge in [-0.25, -0.2) is 8.42 Å². The standard InChI is InChI=1S/C9H14INO3S/c1-11-8-6-2-5(9(8)14-4-10)3-7(6)15(11,12)13/h5-9H,2-4H2,1H3. The summed E-state index contributed by atoms with van der Waals surface area (Å²) < 4.78 is 32.0. The fourth-order valence-corrected chi connectivity index (χ4v) is 6.39. The van der Waals surface area contributed by atoms with Gasteiger partial charge in [0.25, 0.3) is 0 Å². The zero-order chi connectivity index (χ0) is 10.8. The molecule has 3 aliphatic rings. The van der Waals surface area contributed by atoms with Crippen molar-refractivity contribution in [1.82, 2.24) is 4.31 Å². The van der Waals surface area contributed by atoms with Gasteiger partial charge in [0.15, 0.2) is 0 Å². The van der Waals surface area contributed by atoms with Crippen molar-refractivity contribution in [2.75, 3.05) is 11.7 Å². The largest absolute Gasteiger partial charge is 0.366 e. The Labute approximate surface area is 104 Å². The fraction of sp³-hybridized carbons (Fsp3) is 1.00. The molecule has 1 aliphatic heterocycles. The van der Waals surface area contributed by atoms with Crippen molar-refractivity contribution in [3.8, 4) is 0 Å². The summed E-state index contributed by atoms with van der Waals surface area (Å²) in [6.07, 6.45) is 2.00. The third-order valence-electron chi connectivity index (χ3n) is 4.29. The Hall–Kier alpha value is 0.600. The summed E-state index contributed by atoms with van der Waals surface area (Å²) in [6, 6.07) is 0.119. The molecule has 2 bridgehead atoms. The molecule has 0 spiro atoms. The molecule has 0 amide bonds. The van der Waals surface area contributed by atoms with E-state index in [2.05, 4.69) is 22.6 Å². The molecule has 86 valence electrons.